The predicted molar refractivity (Wildman–Crippen MR) is 45.1 cm³/mol. The molecule has 0 aliphatic rings. The van der Waals surface area contributed by atoms with Crippen molar-refractivity contribution in [1.82, 2.24) is 5.48 Å². The molecule has 13 heavy (non-hydrogen) atoms. The van der Waals surface area contributed by atoms with Crippen molar-refractivity contribution in [2.75, 3.05) is 0 Å². The number of carbonyl (C=O) groups excluding carboxylic acids is 1. The van der Waals surface area contributed by atoms with Gasteiger partial charge in [0.05, 0.1) is 5.92 Å². The summed E-state index contributed by atoms with van der Waals surface area (Å²) >= 11 is 0. The number of amides is 1. The Morgan fingerprint density at radius 3 is 2.31 bits per heavy atom. The maximum atomic E-state index is 10.6. The Morgan fingerprint density at radius 1 is 1.38 bits per heavy atom. The van der Waals surface area contributed by atoms with Crippen LogP contribution in [0.15, 0.2) is 0 Å². The third-order valence-electron chi connectivity index (χ3n) is 2.19. The average molecular weight is 189 g/mol. The van der Waals surface area contributed by atoms with Gasteiger partial charge in [0.15, 0.2) is 0 Å². The number of hydroxylamine groups is 1. The summed E-state index contributed by atoms with van der Waals surface area (Å²) in [6, 6.07) is 0. The Morgan fingerprint density at radius 2 is 1.92 bits per heavy atom. The molecule has 2 unspecified atom stereocenters. The Kier molecular flexibility index (Phi) is 5.06. The van der Waals surface area contributed by atoms with Crippen LogP contribution >= 0.6 is 0 Å². The zero-order valence-corrected chi connectivity index (χ0v) is 7.78. The van der Waals surface area contributed by atoms with E-state index < -0.39 is 17.8 Å². The Hall–Kier alpha value is -1.10. The molecule has 0 aliphatic carbocycles. The zero-order chi connectivity index (χ0) is 10.4. The summed E-state index contributed by atoms with van der Waals surface area (Å²) in [5.41, 5.74) is 1.50. The second-order valence-electron chi connectivity index (χ2n) is 3.18. The summed E-state index contributed by atoms with van der Waals surface area (Å²) < 4.78 is 0. The number of carbonyl (C=O) groups is 2. The maximum Gasteiger partial charge on any atom is 0.306 e. The standard InChI is InChI=1S/C8H15NO4/c1-5(6(2)8(11)12)3-4-7(10)9-13/h5-6,13H,3-4H2,1-2H3,(H,9,10)(H,11,12). The van der Waals surface area contributed by atoms with Crippen molar-refractivity contribution in [2.45, 2.75) is 26.7 Å². The van der Waals surface area contributed by atoms with Gasteiger partial charge >= 0.3 is 5.97 Å². The molecule has 0 aromatic carbocycles. The second kappa shape index (κ2) is 5.53. The molecule has 0 rings (SSSR count). The normalized spacial score (nSPS) is 14.7. The Labute approximate surface area is 76.7 Å². The predicted octanol–water partition coefficient (Wildman–Crippen LogP) is 0.629. The van der Waals surface area contributed by atoms with Gasteiger partial charge in [-0.2, -0.15) is 0 Å². The first-order chi connectivity index (χ1) is 5.99. The van der Waals surface area contributed by atoms with E-state index in [1.807, 2.05) is 0 Å². The number of rotatable bonds is 5. The van der Waals surface area contributed by atoms with Crippen LogP contribution in [0, 0.1) is 11.8 Å². The molecule has 1 amide bonds. The molecule has 5 nitrogen and oxygen atoms in total. The molecule has 0 heterocycles. The maximum absolute atomic E-state index is 10.6. The van der Waals surface area contributed by atoms with E-state index in [0.29, 0.717) is 6.42 Å². The summed E-state index contributed by atoms with van der Waals surface area (Å²) in [6.45, 7) is 3.37. The minimum absolute atomic E-state index is 0.0743. The molecule has 0 saturated heterocycles. The lowest BCUT2D eigenvalue weighted by Crippen LogP contribution is -2.22. The molecule has 3 N–H and O–H groups in total. The molecule has 5 heteroatoms. The summed E-state index contributed by atoms with van der Waals surface area (Å²) in [6.07, 6.45) is 0.606. The third kappa shape index (κ3) is 4.47. The van der Waals surface area contributed by atoms with Gasteiger partial charge in [-0.1, -0.05) is 13.8 Å². The second-order valence-corrected chi connectivity index (χ2v) is 3.18. The van der Waals surface area contributed by atoms with Crippen LogP contribution in [-0.2, 0) is 9.59 Å². The molecule has 0 aromatic heterocycles. The van der Waals surface area contributed by atoms with Gasteiger partial charge in [-0.25, -0.2) is 5.48 Å². The zero-order valence-electron chi connectivity index (χ0n) is 7.78. The molecular formula is C8H15NO4. The van der Waals surface area contributed by atoms with E-state index >= 15 is 0 Å². The lowest BCUT2D eigenvalue weighted by atomic mass is 9.92. The SMILES string of the molecule is CC(CCC(=O)NO)C(C)C(=O)O. The first-order valence-corrected chi connectivity index (χ1v) is 4.14. The van der Waals surface area contributed by atoms with Gasteiger partial charge in [-0.05, 0) is 12.3 Å². The van der Waals surface area contributed by atoms with Crippen LogP contribution in [0.1, 0.15) is 26.7 Å². The van der Waals surface area contributed by atoms with E-state index in [-0.39, 0.29) is 12.3 Å². The highest BCUT2D eigenvalue weighted by molar-refractivity contribution is 5.74. The Balaban J connectivity index is 3.80. The van der Waals surface area contributed by atoms with E-state index in [1.54, 1.807) is 13.8 Å². The van der Waals surface area contributed by atoms with Gasteiger partial charge in [-0.15, -0.1) is 0 Å². The van der Waals surface area contributed by atoms with Crippen LogP contribution in [0.4, 0.5) is 0 Å². The van der Waals surface area contributed by atoms with Crippen molar-refractivity contribution < 1.29 is 19.9 Å². The molecule has 0 aromatic rings. The van der Waals surface area contributed by atoms with Gasteiger partial charge in [0, 0.05) is 6.42 Å². The summed E-state index contributed by atoms with van der Waals surface area (Å²) in [5.74, 6) is -1.89. The number of hydrogen-bond donors (Lipinski definition) is 3. The molecule has 76 valence electrons. The number of aliphatic carboxylic acids is 1. The van der Waals surface area contributed by atoms with E-state index in [9.17, 15) is 9.59 Å². The van der Waals surface area contributed by atoms with Crippen LogP contribution in [0.5, 0.6) is 0 Å². The van der Waals surface area contributed by atoms with Crippen LogP contribution in [0.2, 0.25) is 0 Å². The topological polar surface area (TPSA) is 86.6 Å². The highest BCUT2D eigenvalue weighted by Crippen LogP contribution is 2.16. The van der Waals surface area contributed by atoms with Crippen LogP contribution < -0.4 is 5.48 Å². The first kappa shape index (κ1) is 11.9. The van der Waals surface area contributed by atoms with Crippen molar-refractivity contribution in [3.63, 3.8) is 0 Å². The molecule has 2 atom stereocenters. The van der Waals surface area contributed by atoms with Gasteiger partial charge in [0.25, 0.3) is 0 Å². The highest BCUT2D eigenvalue weighted by Gasteiger charge is 2.19. The third-order valence-corrected chi connectivity index (χ3v) is 2.19. The van der Waals surface area contributed by atoms with Crippen molar-refractivity contribution in [2.24, 2.45) is 11.8 Å². The van der Waals surface area contributed by atoms with E-state index in [1.165, 1.54) is 5.48 Å². The molecule has 0 aliphatic heterocycles. The highest BCUT2D eigenvalue weighted by atomic mass is 16.5. The summed E-state index contributed by atoms with van der Waals surface area (Å²) in [4.78, 5) is 21.1. The molecular weight excluding hydrogens is 174 g/mol. The fraction of sp³-hybridized carbons (Fsp3) is 0.750. The van der Waals surface area contributed by atoms with Gasteiger partial charge in [0.1, 0.15) is 0 Å². The smallest absolute Gasteiger partial charge is 0.306 e. The van der Waals surface area contributed by atoms with E-state index in [2.05, 4.69) is 0 Å². The summed E-state index contributed by atoms with van der Waals surface area (Å²) in [7, 11) is 0. The average Bonchev–Trinajstić information content (AvgIpc) is 2.11. The molecule has 0 saturated carbocycles. The largest absolute Gasteiger partial charge is 0.481 e. The lowest BCUT2D eigenvalue weighted by molar-refractivity contribution is -0.143. The summed E-state index contributed by atoms with van der Waals surface area (Å²) in [5, 5.41) is 16.8. The quantitative estimate of drug-likeness (QED) is 0.437. The number of carboxylic acids is 1. The van der Waals surface area contributed by atoms with Gasteiger partial charge < -0.3 is 5.11 Å². The van der Waals surface area contributed by atoms with Gasteiger partial charge in [0.2, 0.25) is 5.91 Å². The van der Waals surface area contributed by atoms with E-state index in [4.69, 9.17) is 10.3 Å². The van der Waals surface area contributed by atoms with Crippen molar-refractivity contribution >= 4 is 11.9 Å². The fourth-order valence-electron chi connectivity index (χ4n) is 0.908. The van der Waals surface area contributed by atoms with Crippen LogP contribution in [0.25, 0.3) is 0 Å². The van der Waals surface area contributed by atoms with Gasteiger partial charge in [-0.3, -0.25) is 14.8 Å². The van der Waals surface area contributed by atoms with E-state index in [0.717, 1.165) is 0 Å². The van der Waals surface area contributed by atoms with Crippen LogP contribution in [0.3, 0.4) is 0 Å². The minimum Gasteiger partial charge on any atom is -0.481 e. The molecule has 0 bridgehead atoms. The monoisotopic (exact) mass is 189 g/mol. The molecule has 0 spiro atoms. The minimum atomic E-state index is -0.864. The van der Waals surface area contributed by atoms with Crippen molar-refractivity contribution in [1.29, 1.82) is 0 Å². The number of carboxylic acid groups (broad SMARTS) is 1. The fourth-order valence-corrected chi connectivity index (χ4v) is 0.908. The van der Waals surface area contributed by atoms with Crippen LogP contribution in [-0.4, -0.2) is 22.2 Å². The van der Waals surface area contributed by atoms with Crippen molar-refractivity contribution in [3.05, 3.63) is 0 Å². The first-order valence-electron chi connectivity index (χ1n) is 4.14. The molecule has 0 radical (unpaired) electrons. The lowest BCUT2D eigenvalue weighted by Gasteiger charge is -2.14. The molecule has 0 fully saturated rings. The number of hydrogen-bond acceptors (Lipinski definition) is 3. The number of nitrogens with one attached hydrogen (secondary N) is 1. The Bertz CT molecular complexity index is 193. The van der Waals surface area contributed by atoms with Crippen molar-refractivity contribution in [3.8, 4) is 0 Å².